The van der Waals surface area contributed by atoms with Crippen molar-refractivity contribution in [2.24, 2.45) is 0 Å². The molecule has 0 aliphatic rings. The van der Waals surface area contributed by atoms with Gasteiger partial charge in [-0.25, -0.2) is 4.79 Å². The van der Waals surface area contributed by atoms with Crippen molar-refractivity contribution in [2.45, 2.75) is 19.0 Å². The summed E-state index contributed by atoms with van der Waals surface area (Å²) >= 11 is 0. The normalized spacial score (nSPS) is 11.9. The van der Waals surface area contributed by atoms with Crippen LogP contribution in [0.2, 0.25) is 0 Å². The molecule has 0 fully saturated rings. The summed E-state index contributed by atoms with van der Waals surface area (Å²) < 4.78 is 77.5. The van der Waals surface area contributed by atoms with Crippen molar-refractivity contribution in [2.75, 3.05) is 13.7 Å². The van der Waals surface area contributed by atoms with Crippen LogP contribution in [-0.2, 0) is 21.4 Å². The molecular formula is C26H22F3NO6S. The van der Waals surface area contributed by atoms with Crippen LogP contribution in [-0.4, -0.2) is 38.2 Å². The number of halogens is 3. The molecule has 0 radical (unpaired) electrons. The molecule has 0 aliphatic carbocycles. The summed E-state index contributed by atoms with van der Waals surface area (Å²) in [5.74, 6) is -0.452. The van der Waals surface area contributed by atoms with E-state index in [0.717, 1.165) is 23.2 Å². The number of nitrogens with zero attached hydrogens (tertiary/aromatic N) is 1. The lowest BCUT2D eigenvalue weighted by molar-refractivity contribution is -0.0500. The molecule has 0 saturated carbocycles. The van der Waals surface area contributed by atoms with Gasteiger partial charge in [-0.05, 0) is 48.4 Å². The van der Waals surface area contributed by atoms with E-state index in [1.807, 2.05) is 36.4 Å². The minimum Gasteiger partial charge on any atom is -0.497 e. The standard InChI is InChI=1S/C26H22F3NO6S/c1-3-35-25(31)24-23(18-11-13-19(14-12-18)36-37(32,33)26(27,28)29)21-9-4-5-10-22(21)30(24)16-17-7-6-8-20(15-17)34-2/h4-15H,3,16H2,1-2H3. The van der Waals surface area contributed by atoms with E-state index in [0.29, 0.717) is 28.8 Å². The molecule has 4 aromatic rings. The Balaban J connectivity index is 1.86. The number of para-hydroxylation sites is 1. The van der Waals surface area contributed by atoms with Crippen LogP contribution in [0.1, 0.15) is 23.0 Å². The number of methoxy groups -OCH3 is 1. The second kappa shape index (κ2) is 10.2. The molecular weight excluding hydrogens is 511 g/mol. The Labute approximate surface area is 211 Å². The molecule has 4 rings (SSSR count). The lowest BCUT2D eigenvalue weighted by Gasteiger charge is -2.13. The number of aromatic nitrogens is 1. The van der Waals surface area contributed by atoms with Gasteiger partial charge < -0.3 is 18.2 Å². The van der Waals surface area contributed by atoms with Crippen molar-refractivity contribution in [3.05, 3.63) is 84.1 Å². The van der Waals surface area contributed by atoms with Crippen LogP contribution in [0.25, 0.3) is 22.0 Å². The van der Waals surface area contributed by atoms with Crippen molar-refractivity contribution >= 4 is 27.0 Å². The van der Waals surface area contributed by atoms with Crippen molar-refractivity contribution in [3.63, 3.8) is 0 Å². The van der Waals surface area contributed by atoms with E-state index in [1.165, 1.54) is 12.1 Å². The topological polar surface area (TPSA) is 83.8 Å². The number of alkyl halides is 3. The van der Waals surface area contributed by atoms with Gasteiger partial charge in [-0.15, -0.1) is 0 Å². The first kappa shape index (κ1) is 26.1. The number of hydrogen-bond donors (Lipinski definition) is 0. The van der Waals surface area contributed by atoms with Crippen molar-refractivity contribution in [1.82, 2.24) is 4.57 Å². The summed E-state index contributed by atoms with van der Waals surface area (Å²) in [4.78, 5) is 13.2. The molecule has 0 saturated heterocycles. The third-order valence-corrected chi connectivity index (χ3v) is 6.53. The highest BCUT2D eigenvalue weighted by molar-refractivity contribution is 7.88. The third-order valence-electron chi connectivity index (χ3n) is 5.55. The van der Waals surface area contributed by atoms with E-state index < -0.39 is 27.3 Å². The second-order valence-electron chi connectivity index (χ2n) is 7.91. The summed E-state index contributed by atoms with van der Waals surface area (Å²) in [5.41, 5.74) is -2.79. The lowest BCUT2D eigenvalue weighted by Crippen LogP contribution is -2.28. The molecule has 0 aliphatic heterocycles. The molecule has 3 aromatic carbocycles. The molecule has 0 unspecified atom stereocenters. The number of carbonyl (C=O) groups is 1. The average molecular weight is 534 g/mol. The maximum Gasteiger partial charge on any atom is 0.534 e. The Morgan fingerprint density at radius 3 is 2.30 bits per heavy atom. The Kier molecular flexibility index (Phi) is 7.17. The Morgan fingerprint density at radius 2 is 1.65 bits per heavy atom. The summed E-state index contributed by atoms with van der Waals surface area (Å²) in [7, 11) is -4.26. The quantitative estimate of drug-likeness (QED) is 0.162. The molecule has 11 heteroatoms. The molecule has 7 nitrogen and oxygen atoms in total. The zero-order chi connectivity index (χ0) is 26.8. The van der Waals surface area contributed by atoms with E-state index in [4.69, 9.17) is 9.47 Å². The zero-order valence-electron chi connectivity index (χ0n) is 19.8. The van der Waals surface area contributed by atoms with Gasteiger partial charge in [-0.2, -0.15) is 21.6 Å². The van der Waals surface area contributed by atoms with E-state index in [-0.39, 0.29) is 12.3 Å². The number of benzene rings is 3. The first-order valence-corrected chi connectivity index (χ1v) is 12.5. The second-order valence-corrected chi connectivity index (χ2v) is 9.44. The molecule has 1 aromatic heterocycles. The number of esters is 1. The largest absolute Gasteiger partial charge is 0.534 e. The van der Waals surface area contributed by atoms with Crippen LogP contribution in [0.5, 0.6) is 11.5 Å². The Bertz CT molecular complexity index is 1540. The number of hydrogen-bond acceptors (Lipinski definition) is 6. The minimum absolute atomic E-state index is 0.126. The fourth-order valence-corrected chi connectivity index (χ4v) is 4.43. The van der Waals surface area contributed by atoms with Gasteiger partial charge in [-0.3, -0.25) is 0 Å². The van der Waals surface area contributed by atoms with Gasteiger partial charge in [0.25, 0.3) is 0 Å². The van der Waals surface area contributed by atoms with Crippen molar-refractivity contribution < 1.29 is 40.0 Å². The number of rotatable bonds is 8. The summed E-state index contributed by atoms with van der Waals surface area (Å²) in [6, 6.07) is 19.6. The van der Waals surface area contributed by atoms with Crippen LogP contribution in [0.15, 0.2) is 72.8 Å². The molecule has 37 heavy (non-hydrogen) atoms. The van der Waals surface area contributed by atoms with E-state index in [9.17, 15) is 26.4 Å². The average Bonchev–Trinajstić information content (AvgIpc) is 3.18. The smallest absolute Gasteiger partial charge is 0.497 e. The maximum absolute atomic E-state index is 13.2. The minimum atomic E-state index is -5.82. The van der Waals surface area contributed by atoms with E-state index in [2.05, 4.69) is 4.18 Å². The van der Waals surface area contributed by atoms with Gasteiger partial charge in [-0.1, -0.05) is 42.5 Å². The fraction of sp³-hybridized carbons (Fsp3) is 0.192. The Morgan fingerprint density at radius 1 is 0.946 bits per heavy atom. The van der Waals surface area contributed by atoms with Crippen LogP contribution in [0.3, 0.4) is 0 Å². The molecule has 0 bridgehead atoms. The van der Waals surface area contributed by atoms with Gasteiger partial charge in [0.2, 0.25) is 0 Å². The van der Waals surface area contributed by atoms with Crippen molar-refractivity contribution in [3.8, 4) is 22.6 Å². The number of carbonyl (C=O) groups excluding carboxylic acids is 1. The molecule has 1 heterocycles. The first-order valence-electron chi connectivity index (χ1n) is 11.1. The molecule has 0 atom stereocenters. The highest BCUT2D eigenvalue weighted by atomic mass is 32.2. The van der Waals surface area contributed by atoms with Crippen LogP contribution in [0.4, 0.5) is 13.2 Å². The number of fused-ring (bicyclic) bond motifs is 1. The maximum atomic E-state index is 13.2. The van der Waals surface area contributed by atoms with Gasteiger partial charge in [0.15, 0.2) is 0 Å². The Hall–Kier alpha value is -3.99. The molecule has 0 spiro atoms. The fourth-order valence-electron chi connectivity index (χ4n) is 3.98. The van der Waals surface area contributed by atoms with Crippen LogP contribution >= 0.6 is 0 Å². The summed E-state index contributed by atoms with van der Waals surface area (Å²) in [5, 5.41) is 0.699. The number of ether oxygens (including phenoxy) is 2. The predicted octanol–water partition coefficient (Wildman–Crippen LogP) is 5.77. The van der Waals surface area contributed by atoms with Gasteiger partial charge in [0.05, 0.1) is 13.7 Å². The molecule has 194 valence electrons. The van der Waals surface area contributed by atoms with Crippen LogP contribution < -0.4 is 8.92 Å². The highest BCUT2D eigenvalue weighted by Crippen LogP contribution is 2.37. The zero-order valence-corrected chi connectivity index (χ0v) is 20.6. The predicted molar refractivity (Wildman–Crippen MR) is 131 cm³/mol. The SMILES string of the molecule is CCOC(=O)c1c(-c2ccc(OS(=O)(=O)C(F)(F)F)cc2)c2ccccc2n1Cc1cccc(OC)c1. The lowest BCUT2D eigenvalue weighted by atomic mass is 10.0. The van der Waals surface area contributed by atoms with Gasteiger partial charge in [0.1, 0.15) is 17.2 Å². The van der Waals surface area contributed by atoms with E-state index in [1.54, 1.807) is 30.7 Å². The van der Waals surface area contributed by atoms with Gasteiger partial charge >= 0.3 is 21.6 Å². The van der Waals surface area contributed by atoms with Gasteiger partial charge in [0, 0.05) is 23.0 Å². The third kappa shape index (κ3) is 5.26. The van der Waals surface area contributed by atoms with E-state index >= 15 is 0 Å². The first-order chi connectivity index (χ1) is 17.6. The monoisotopic (exact) mass is 533 g/mol. The van der Waals surface area contributed by atoms with Crippen molar-refractivity contribution in [1.29, 1.82) is 0 Å². The highest BCUT2D eigenvalue weighted by Gasteiger charge is 2.48. The molecule has 0 N–H and O–H groups in total. The summed E-state index contributed by atoms with van der Waals surface area (Å²) in [6.45, 7) is 2.11. The van der Waals surface area contributed by atoms with Crippen LogP contribution in [0, 0.1) is 0 Å². The molecule has 0 amide bonds. The summed E-state index contributed by atoms with van der Waals surface area (Å²) in [6.07, 6.45) is 0.